The fourth-order valence-corrected chi connectivity index (χ4v) is 4.02. The Labute approximate surface area is 176 Å². The summed E-state index contributed by atoms with van der Waals surface area (Å²) in [7, 11) is 0. The molecule has 0 amide bonds. The molecule has 2 aliphatic rings. The van der Waals surface area contributed by atoms with Crippen molar-refractivity contribution in [1.82, 2.24) is 0 Å². The summed E-state index contributed by atoms with van der Waals surface area (Å²) in [4.78, 5) is 3.74. The average Bonchev–Trinajstić information content (AvgIpc) is 2.74. The van der Waals surface area contributed by atoms with Crippen LogP contribution in [0.2, 0.25) is 5.02 Å². The molecule has 1 saturated heterocycles. The van der Waals surface area contributed by atoms with E-state index in [9.17, 15) is 5.11 Å². The lowest BCUT2D eigenvalue weighted by molar-refractivity contribution is -0.903. The fraction of sp³-hybridized carbons (Fsp3) is 0.455. The number of aliphatic hydroxyl groups is 1. The minimum atomic E-state index is -0.487. The first-order valence-corrected chi connectivity index (χ1v) is 10.5. The number of quaternary nitrogens is 1. The smallest absolute Gasteiger partial charge is 0.161 e. The number of rotatable bonds is 7. The highest BCUT2D eigenvalue weighted by molar-refractivity contribution is 6.30. The first-order chi connectivity index (χ1) is 14.2. The van der Waals surface area contributed by atoms with Gasteiger partial charge < -0.3 is 29.1 Å². The number of fused-ring (bicyclic) bond motifs is 1. The molecule has 4 rings (SSSR count). The van der Waals surface area contributed by atoms with Crippen LogP contribution in [-0.2, 0) is 4.74 Å². The van der Waals surface area contributed by atoms with Gasteiger partial charge in [0.15, 0.2) is 17.6 Å². The third kappa shape index (κ3) is 5.54. The van der Waals surface area contributed by atoms with Crippen LogP contribution in [0.3, 0.4) is 0 Å². The summed E-state index contributed by atoms with van der Waals surface area (Å²) in [6, 6.07) is 15.6. The fourth-order valence-electron chi connectivity index (χ4n) is 3.83. The molecule has 0 unspecified atom stereocenters. The van der Waals surface area contributed by atoms with E-state index in [4.69, 9.17) is 25.8 Å². The van der Waals surface area contributed by atoms with E-state index in [1.54, 1.807) is 0 Å². The third-order valence-electron chi connectivity index (χ3n) is 5.35. The normalized spacial score (nSPS) is 20.5. The summed E-state index contributed by atoms with van der Waals surface area (Å²) >= 11 is 6.10. The molecule has 1 fully saturated rings. The maximum Gasteiger partial charge on any atom is 0.161 e. The van der Waals surface area contributed by atoms with Gasteiger partial charge in [-0.2, -0.15) is 0 Å². The largest absolute Gasteiger partial charge is 0.486 e. The Hall–Kier alpha value is -1.99. The second-order valence-electron chi connectivity index (χ2n) is 7.61. The molecule has 0 radical (unpaired) electrons. The molecule has 156 valence electrons. The summed E-state index contributed by atoms with van der Waals surface area (Å²) in [5, 5.41) is 11.1. The van der Waals surface area contributed by atoms with Gasteiger partial charge in [0.05, 0.1) is 39.4 Å². The molecule has 0 bridgehead atoms. The predicted molar refractivity (Wildman–Crippen MR) is 112 cm³/mol. The van der Waals surface area contributed by atoms with Gasteiger partial charge in [0.1, 0.15) is 19.3 Å². The molecule has 2 aliphatic heterocycles. The lowest BCUT2D eigenvalue weighted by atomic mass is 10.2. The Morgan fingerprint density at radius 2 is 1.93 bits per heavy atom. The quantitative estimate of drug-likeness (QED) is 0.707. The molecule has 7 heteroatoms. The van der Waals surface area contributed by atoms with E-state index in [0.29, 0.717) is 26.4 Å². The SMILES string of the molecule is O[C@@H](COC[C@H]1COc2ccccc2O1)C[NH+]1CCN(c2cccc(Cl)c2)CC1. The molecule has 2 N–H and O–H groups in total. The lowest BCUT2D eigenvalue weighted by Crippen LogP contribution is -3.16. The topological polar surface area (TPSA) is 55.6 Å². The van der Waals surface area contributed by atoms with Crippen LogP contribution in [0.5, 0.6) is 11.5 Å². The van der Waals surface area contributed by atoms with Gasteiger partial charge in [-0.15, -0.1) is 0 Å². The molecule has 29 heavy (non-hydrogen) atoms. The van der Waals surface area contributed by atoms with Crippen molar-refractivity contribution in [3.8, 4) is 11.5 Å². The molecule has 0 spiro atoms. The number of aliphatic hydroxyl groups excluding tert-OH is 1. The molecule has 0 aromatic heterocycles. The van der Waals surface area contributed by atoms with Gasteiger partial charge in [0.25, 0.3) is 0 Å². The molecule has 2 heterocycles. The van der Waals surface area contributed by atoms with Gasteiger partial charge in [-0.1, -0.05) is 29.8 Å². The van der Waals surface area contributed by atoms with E-state index in [1.807, 2.05) is 42.5 Å². The van der Waals surface area contributed by atoms with Crippen molar-refractivity contribution in [2.75, 3.05) is 57.4 Å². The highest BCUT2D eigenvalue weighted by atomic mass is 35.5. The van der Waals surface area contributed by atoms with Gasteiger partial charge in [0, 0.05) is 10.7 Å². The van der Waals surface area contributed by atoms with Crippen LogP contribution >= 0.6 is 11.6 Å². The maximum absolute atomic E-state index is 10.4. The summed E-state index contributed by atoms with van der Waals surface area (Å²) in [6.07, 6.45) is -0.634. The molecular formula is C22H28ClN2O4+. The highest BCUT2D eigenvalue weighted by Crippen LogP contribution is 2.30. The van der Waals surface area contributed by atoms with Crippen molar-refractivity contribution < 1.29 is 24.2 Å². The standard InChI is InChI=1S/C22H27ClN2O4/c23-17-4-3-5-18(12-17)25-10-8-24(9-11-25)13-19(26)14-27-15-20-16-28-21-6-1-2-7-22(21)29-20/h1-7,12,19-20,26H,8-11,13-16H2/p+1/t19-,20+/m1/s1. The number of halogens is 1. The van der Waals surface area contributed by atoms with Crippen LogP contribution < -0.4 is 19.3 Å². The Morgan fingerprint density at radius 1 is 1.14 bits per heavy atom. The van der Waals surface area contributed by atoms with Crippen LogP contribution in [0, 0.1) is 0 Å². The molecule has 0 aliphatic carbocycles. The van der Waals surface area contributed by atoms with E-state index in [1.165, 1.54) is 4.90 Å². The molecule has 2 aromatic rings. The Bertz CT molecular complexity index is 798. The number of benzene rings is 2. The van der Waals surface area contributed by atoms with Gasteiger partial charge in [-0.05, 0) is 30.3 Å². The predicted octanol–water partition coefficient (Wildman–Crippen LogP) is 1.26. The molecule has 0 saturated carbocycles. The van der Waals surface area contributed by atoms with Crippen LogP contribution in [-0.4, -0.2) is 69.9 Å². The number of nitrogens with zero attached hydrogens (tertiary/aromatic N) is 1. The second kappa shape index (κ2) is 9.67. The number of anilines is 1. The number of piperazine rings is 1. The van der Waals surface area contributed by atoms with Crippen molar-refractivity contribution in [1.29, 1.82) is 0 Å². The zero-order valence-electron chi connectivity index (χ0n) is 16.4. The number of nitrogens with one attached hydrogen (secondary N) is 1. The van der Waals surface area contributed by atoms with Crippen LogP contribution in [0.4, 0.5) is 5.69 Å². The minimum Gasteiger partial charge on any atom is -0.486 e. The molecule has 2 atom stereocenters. The third-order valence-corrected chi connectivity index (χ3v) is 5.58. The van der Waals surface area contributed by atoms with Gasteiger partial charge in [-0.3, -0.25) is 0 Å². The Balaban J connectivity index is 1.14. The lowest BCUT2D eigenvalue weighted by Gasteiger charge is -2.34. The van der Waals surface area contributed by atoms with Crippen molar-refractivity contribution in [3.05, 3.63) is 53.6 Å². The van der Waals surface area contributed by atoms with Crippen molar-refractivity contribution in [2.24, 2.45) is 0 Å². The first kappa shape index (κ1) is 20.3. The van der Waals surface area contributed by atoms with Crippen LogP contribution in [0.1, 0.15) is 0 Å². The number of hydrogen-bond donors (Lipinski definition) is 2. The van der Waals surface area contributed by atoms with Crippen LogP contribution in [0.15, 0.2) is 48.5 Å². The van der Waals surface area contributed by atoms with Crippen molar-refractivity contribution in [3.63, 3.8) is 0 Å². The van der Waals surface area contributed by atoms with E-state index < -0.39 is 6.10 Å². The summed E-state index contributed by atoms with van der Waals surface area (Å²) in [5.74, 6) is 1.51. The van der Waals surface area contributed by atoms with Gasteiger partial charge >= 0.3 is 0 Å². The summed E-state index contributed by atoms with van der Waals surface area (Å²) < 4.78 is 17.3. The number of ether oxygens (including phenoxy) is 3. The van der Waals surface area contributed by atoms with Crippen molar-refractivity contribution in [2.45, 2.75) is 12.2 Å². The minimum absolute atomic E-state index is 0.148. The summed E-state index contributed by atoms with van der Waals surface area (Å²) in [5.41, 5.74) is 1.16. The molecule has 2 aromatic carbocycles. The number of para-hydroxylation sites is 2. The van der Waals surface area contributed by atoms with Gasteiger partial charge in [-0.25, -0.2) is 0 Å². The molecule has 6 nitrogen and oxygen atoms in total. The van der Waals surface area contributed by atoms with E-state index >= 15 is 0 Å². The second-order valence-corrected chi connectivity index (χ2v) is 8.05. The highest BCUT2D eigenvalue weighted by Gasteiger charge is 2.24. The molecular weight excluding hydrogens is 392 g/mol. The van der Waals surface area contributed by atoms with E-state index in [-0.39, 0.29) is 6.10 Å². The van der Waals surface area contributed by atoms with Crippen LogP contribution in [0.25, 0.3) is 0 Å². The van der Waals surface area contributed by atoms with Crippen molar-refractivity contribution >= 4 is 17.3 Å². The van der Waals surface area contributed by atoms with E-state index in [2.05, 4.69) is 11.0 Å². The zero-order chi connectivity index (χ0) is 20.1. The van der Waals surface area contributed by atoms with Gasteiger partial charge in [0.2, 0.25) is 0 Å². The number of hydrogen-bond acceptors (Lipinski definition) is 5. The Kier molecular flexibility index (Phi) is 6.77. The van der Waals surface area contributed by atoms with E-state index in [0.717, 1.165) is 48.4 Å². The zero-order valence-corrected chi connectivity index (χ0v) is 17.2. The first-order valence-electron chi connectivity index (χ1n) is 10.2. The average molecular weight is 420 g/mol. The maximum atomic E-state index is 10.4. The summed E-state index contributed by atoms with van der Waals surface area (Å²) in [6.45, 7) is 5.75. The monoisotopic (exact) mass is 419 g/mol. The Morgan fingerprint density at radius 3 is 2.72 bits per heavy atom.